The number of hydrogen-bond donors (Lipinski definition) is 1. The first-order chi connectivity index (χ1) is 8.08. The van der Waals surface area contributed by atoms with Crippen LogP contribution in [0.25, 0.3) is 11.4 Å². The van der Waals surface area contributed by atoms with Crippen LogP contribution < -0.4 is 5.73 Å². The number of carbonyl (C=O) groups is 1. The van der Waals surface area contributed by atoms with E-state index in [2.05, 4.69) is 9.97 Å². The summed E-state index contributed by atoms with van der Waals surface area (Å²) < 4.78 is 0. The van der Waals surface area contributed by atoms with Crippen LogP contribution in [-0.4, -0.2) is 15.9 Å². The lowest BCUT2D eigenvalue weighted by molar-refractivity contribution is 0.100. The van der Waals surface area contributed by atoms with E-state index in [1.807, 2.05) is 26.0 Å². The van der Waals surface area contributed by atoms with Gasteiger partial charge in [0.15, 0.2) is 0 Å². The van der Waals surface area contributed by atoms with Crippen LogP contribution in [0.15, 0.2) is 30.6 Å². The van der Waals surface area contributed by atoms with E-state index in [0.29, 0.717) is 17.0 Å². The predicted octanol–water partition coefficient (Wildman–Crippen LogP) is 1.86. The van der Waals surface area contributed by atoms with Gasteiger partial charge >= 0.3 is 0 Å². The fraction of sp³-hybridized carbons (Fsp3) is 0.154. The minimum Gasteiger partial charge on any atom is -0.366 e. The third-order valence-corrected chi connectivity index (χ3v) is 2.44. The molecule has 0 saturated heterocycles. The van der Waals surface area contributed by atoms with Crippen molar-refractivity contribution in [3.05, 3.63) is 47.3 Å². The van der Waals surface area contributed by atoms with Crippen molar-refractivity contribution < 1.29 is 4.79 Å². The maximum absolute atomic E-state index is 11.4. The molecule has 0 atom stereocenters. The zero-order chi connectivity index (χ0) is 12.4. The summed E-state index contributed by atoms with van der Waals surface area (Å²) in [5.41, 5.74) is 8.89. The Balaban J connectivity index is 2.58. The number of carbonyl (C=O) groups excluding carboxylic acids is 1. The highest BCUT2D eigenvalue weighted by Gasteiger charge is 2.12. The molecule has 0 aliphatic carbocycles. The van der Waals surface area contributed by atoms with Gasteiger partial charge in [-0.15, -0.1) is 0 Å². The highest BCUT2D eigenvalue weighted by molar-refractivity contribution is 5.98. The molecular weight excluding hydrogens is 214 g/mol. The Labute approximate surface area is 99.5 Å². The van der Waals surface area contributed by atoms with Crippen LogP contribution in [0.1, 0.15) is 21.5 Å². The Morgan fingerprint density at radius 1 is 1.12 bits per heavy atom. The summed E-state index contributed by atoms with van der Waals surface area (Å²) in [5.74, 6) is -0.487. The summed E-state index contributed by atoms with van der Waals surface area (Å²) in [5, 5.41) is 0. The molecule has 4 heteroatoms. The predicted molar refractivity (Wildman–Crippen MR) is 65.5 cm³/mol. The van der Waals surface area contributed by atoms with E-state index in [1.54, 1.807) is 18.5 Å². The van der Waals surface area contributed by atoms with Crippen molar-refractivity contribution >= 4 is 5.91 Å². The Morgan fingerprint density at radius 2 is 1.82 bits per heavy atom. The highest BCUT2D eigenvalue weighted by atomic mass is 16.1. The number of pyridine rings is 2. The number of nitrogens with zero attached hydrogens (tertiary/aromatic N) is 2. The molecule has 0 radical (unpaired) electrons. The maximum atomic E-state index is 11.4. The first-order valence-corrected chi connectivity index (χ1v) is 5.27. The van der Waals surface area contributed by atoms with Crippen molar-refractivity contribution in [2.24, 2.45) is 5.73 Å². The van der Waals surface area contributed by atoms with Gasteiger partial charge in [0, 0.05) is 12.4 Å². The molecule has 2 rings (SSSR count). The third kappa shape index (κ3) is 2.30. The number of aryl methyl sites for hydroxylation is 2. The van der Waals surface area contributed by atoms with E-state index in [4.69, 9.17) is 5.73 Å². The summed E-state index contributed by atoms with van der Waals surface area (Å²) in [7, 11) is 0. The normalized spacial score (nSPS) is 10.2. The summed E-state index contributed by atoms with van der Waals surface area (Å²) in [6.45, 7) is 3.82. The van der Waals surface area contributed by atoms with E-state index in [9.17, 15) is 4.79 Å². The van der Waals surface area contributed by atoms with Crippen molar-refractivity contribution in [2.45, 2.75) is 13.8 Å². The number of aromatic nitrogens is 2. The zero-order valence-corrected chi connectivity index (χ0v) is 9.77. The van der Waals surface area contributed by atoms with E-state index in [1.165, 1.54) is 0 Å². The van der Waals surface area contributed by atoms with Crippen molar-refractivity contribution in [1.29, 1.82) is 0 Å². The van der Waals surface area contributed by atoms with Crippen molar-refractivity contribution in [1.82, 2.24) is 9.97 Å². The average Bonchev–Trinajstić information content (AvgIpc) is 2.30. The molecule has 0 bridgehead atoms. The van der Waals surface area contributed by atoms with E-state index >= 15 is 0 Å². The molecule has 86 valence electrons. The molecule has 2 N–H and O–H groups in total. The molecule has 0 aliphatic rings. The molecule has 0 saturated carbocycles. The highest BCUT2D eigenvalue weighted by Crippen LogP contribution is 2.19. The van der Waals surface area contributed by atoms with Crippen LogP contribution >= 0.6 is 0 Å². The smallest absolute Gasteiger partial charge is 0.250 e. The lowest BCUT2D eigenvalue weighted by Crippen LogP contribution is -2.13. The Kier molecular flexibility index (Phi) is 2.87. The van der Waals surface area contributed by atoms with Crippen LogP contribution in [0.4, 0.5) is 0 Å². The minimum absolute atomic E-state index is 0.404. The van der Waals surface area contributed by atoms with Gasteiger partial charge < -0.3 is 5.73 Å². The molecule has 17 heavy (non-hydrogen) atoms. The molecule has 2 heterocycles. The lowest BCUT2D eigenvalue weighted by atomic mass is 10.1. The quantitative estimate of drug-likeness (QED) is 0.851. The first-order valence-electron chi connectivity index (χ1n) is 5.27. The van der Waals surface area contributed by atoms with Gasteiger partial charge in [0.25, 0.3) is 5.91 Å². The molecule has 1 amide bonds. The van der Waals surface area contributed by atoms with Gasteiger partial charge in [-0.2, -0.15) is 0 Å². The number of nitrogens with two attached hydrogens (primary N) is 1. The number of primary amides is 1. The second-order valence-electron chi connectivity index (χ2n) is 3.99. The van der Waals surface area contributed by atoms with Crippen molar-refractivity contribution in [2.75, 3.05) is 0 Å². The van der Waals surface area contributed by atoms with Gasteiger partial charge in [-0.05, 0) is 37.1 Å². The Morgan fingerprint density at radius 3 is 2.41 bits per heavy atom. The third-order valence-electron chi connectivity index (χ3n) is 2.44. The molecule has 0 aromatic carbocycles. The number of hydrogen-bond acceptors (Lipinski definition) is 3. The summed E-state index contributed by atoms with van der Waals surface area (Å²) in [6.07, 6.45) is 3.44. The molecular formula is C13H13N3O. The van der Waals surface area contributed by atoms with Gasteiger partial charge in [0.05, 0.1) is 11.3 Å². The zero-order valence-electron chi connectivity index (χ0n) is 9.77. The maximum Gasteiger partial charge on any atom is 0.250 e. The van der Waals surface area contributed by atoms with Crippen molar-refractivity contribution in [3.63, 3.8) is 0 Å². The average molecular weight is 227 g/mol. The molecule has 0 unspecified atom stereocenters. The SMILES string of the molecule is Cc1ccc(-c2ncc(C)cc2C(N)=O)nc1. The van der Waals surface area contributed by atoms with E-state index in [-0.39, 0.29) is 0 Å². The van der Waals surface area contributed by atoms with E-state index < -0.39 is 5.91 Å². The molecule has 0 spiro atoms. The summed E-state index contributed by atoms with van der Waals surface area (Å²) >= 11 is 0. The summed E-state index contributed by atoms with van der Waals surface area (Å²) in [6, 6.07) is 5.49. The Hall–Kier alpha value is -2.23. The fourth-order valence-corrected chi connectivity index (χ4v) is 1.57. The van der Waals surface area contributed by atoms with Crippen LogP contribution in [0.2, 0.25) is 0 Å². The second kappa shape index (κ2) is 4.33. The molecule has 0 fully saturated rings. The van der Waals surface area contributed by atoms with Gasteiger partial charge in [-0.25, -0.2) is 0 Å². The van der Waals surface area contributed by atoms with Gasteiger partial charge in [0.2, 0.25) is 0 Å². The molecule has 2 aromatic rings. The monoisotopic (exact) mass is 227 g/mol. The minimum atomic E-state index is -0.487. The standard InChI is InChI=1S/C13H13N3O/c1-8-3-4-11(15-6-8)12-10(13(14)17)5-9(2)7-16-12/h3-7H,1-2H3,(H2,14,17). The van der Waals surface area contributed by atoms with Gasteiger partial charge in [0.1, 0.15) is 5.69 Å². The number of rotatable bonds is 2. The first kappa shape index (κ1) is 11.3. The molecule has 2 aromatic heterocycles. The van der Waals surface area contributed by atoms with Crippen LogP contribution in [0, 0.1) is 13.8 Å². The second-order valence-corrected chi connectivity index (χ2v) is 3.99. The summed E-state index contributed by atoms with van der Waals surface area (Å²) in [4.78, 5) is 19.9. The van der Waals surface area contributed by atoms with Gasteiger partial charge in [-0.1, -0.05) is 6.07 Å². The largest absolute Gasteiger partial charge is 0.366 e. The van der Waals surface area contributed by atoms with Gasteiger partial charge in [-0.3, -0.25) is 14.8 Å². The molecule has 4 nitrogen and oxygen atoms in total. The molecule has 0 aliphatic heterocycles. The number of amides is 1. The van der Waals surface area contributed by atoms with E-state index in [0.717, 1.165) is 11.1 Å². The van der Waals surface area contributed by atoms with Crippen molar-refractivity contribution in [3.8, 4) is 11.4 Å². The van der Waals surface area contributed by atoms with Crippen LogP contribution in [0.3, 0.4) is 0 Å². The topological polar surface area (TPSA) is 68.9 Å². The van der Waals surface area contributed by atoms with Crippen LogP contribution in [0.5, 0.6) is 0 Å². The lowest BCUT2D eigenvalue weighted by Gasteiger charge is -2.06. The Bertz CT molecular complexity index is 561. The van der Waals surface area contributed by atoms with Crippen LogP contribution in [-0.2, 0) is 0 Å². The fourth-order valence-electron chi connectivity index (χ4n) is 1.57.